The van der Waals surface area contributed by atoms with Gasteiger partial charge in [-0.3, -0.25) is 0 Å². The van der Waals surface area contributed by atoms with Crippen LogP contribution in [-0.2, 0) is 0 Å². The smallest absolute Gasteiger partial charge is 0.119 e. The van der Waals surface area contributed by atoms with Crippen molar-refractivity contribution in [3.8, 4) is 5.75 Å². The number of nitrogens with zero attached hydrogens (tertiary/aromatic N) is 1. The zero-order valence-corrected chi connectivity index (χ0v) is 14.1. The zero-order chi connectivity index (χ0) is 15.6. The van der Waals surface area contributed by atoms with Crippen LogP contribution in [0.25, 0.3) is 0 Å². The molecule has 2 aliphatic rings. The number of hydrogen-bond acceptors (Lipinski definition) is 4. The van der Waals surface area contributed by atoms with Gasteiger partial charge in [-0.25, -0.2) is 0 Å². The maximum atomic E-state index is 5.44. The number of nitrogens with one attached hydrogen (secondary N) is 2. The largest absolute Gasteiger partial charge is 0.494 e. The topological polar surface area (TPSA) is 36.5 Å². The molecule has 124 valence electrons. The van der Waals surface area contributed by atoms with Gasteiger partial charge >= 0.3 is 0 Å². The lowest BCUT2D eigenvalue weighted by molar-refractivity contribution is 0.291. The van der Waals surface area contributed by atoms with Crippen molar-refractivity contribution >= 4 is 0 Å². The lowest BCUT2D eigenvalue weighted by Gasteiger charge is -2.23. The average Bonchev–Trinajstić information content (AvgIpc) is 2.58. The first-order valence-electron chi connectivity index (χ1n) is 8.62. The van der Waals surface area contributed by atoms with Gasteiger partial charge in [0.15, 0.2) is 0 Å². The summed E-state index contributed by atoms with van der Waals surface area (Å²) in [6.07, 6.45) is 2.52. The molecule has 1 aromatic rings. The van der Waals surface area contributed by atoms with E-state index in [2.05, 4.69) is 46.8 Å². The molecular weight excluding hydrogens is 274 g/mol. The van der Waals surface area contributed by atoms with Crippen molar-refractivity contribution < 1.29 is 4.74 Å². The van der Waals surface area contributed by atoms with Crippen LogP contribution in [0.15, 0.2) is 24.3 Å². The van der Waals surface area contributed by atoms with E-state index in [1.165, 1.54) is 31.5 Å². The van der Waals surface area contributed by atoms with E-state index in [4.69, 9.17) is 4.74 Å². The van der Waals surface area contributed by atoms with Gasteiger partial charge in [-0.2, -0.15) is 0 Å². The van der Waals surface area contributed by atoms with E-state index in [1.54, 1.807) is 0 Å². The standard InChI is InChI=1S/C13H19NO.C5H12N2/c1-2-15-13-5-3-11(4-6-13)12-7-9-14-10-8-12;1-7-4-2-6-3-5-7/h3-6,12,14H,2,7-10H2,1H3;6H,2-5H2,1H3. The minimum absolute atomic E-state index is 0.738. The molecule has 0 unspecified atom stereocenters. The highest BCUT2D eigenvalue weighted by Gasteiger charge is 2.14. The molecule has 0 bridgehead atoms. The summed E-state index contributed by atoms with van der Waals surface area (Å²) in [6.45, 7) is 9.80. The molecule has 2 aliphatic heterocycles. The van der Waals surface area contributed by atoms with Crippen LogP contribution in [0.4, 0.5) is 0 Å². The molecule has 1 aromatic carbocycles. The fourth-order valence-electron chi connectivity index (χ4n) is 2.93. The maximum absolute atomic E-state index is 5.44. The van der Waals surface area contributed by atoms with E-state index >= 15 is 0 Å². The van der Waals surface area contributed by atoms with Crippen LogP contribution in [0.2, 0.25) is 0 Å². The summed E-state index contributed by atoms with van der Waals surface area (Å²) in [4.78, 5) is 2.33. The summed E-state index contributed by atoms with van der Waals surface area (Å²) in [5.74, 6) is 1.72. The first kappa shape index (κ1) is 17.3. The first-order chi connectivity index (χ1) is 10.8. The Hall–Kier alpha value is -1.10. The Kier molecular flexibility index (Phi) is 7.71. The Balaban J connectivity index is 0.000000211. The van der Waals surface area contributed by atoms with Crippen molar-refractivity contribution in [1.29, 1.82) is 0 Å². The number of ether oxygens (including phenoxy) is 1. The van der Waals surface area contributed by atoms with E-state index < -0.39 is 0 Å². The van der Waals surface area contributed by atoms with Gasteiger partial charge in [-0.05, 0) is 63.5 Å². The average molecular weight is 305 g/mol. The zero-order valence-electron chi connectivity index (χ0n) is 14.1. The third-order valence-electron chi connectivity index (χ3n) is 4.34. The van der Waals surface area contributed by atoms with Crippen LogP contribution in [0.5, 0.6) is 5.75 Å². The summed E-state index contributed by atoms with van der Waals surface area (Å²) in [5, 5.41) is 6.66. The minimum Gasteiger partial charge on any atom is -0.494 e. The summed E-state index contributed by atoms with van der Waals surface area (Å²) in [5.41, 5.74) is 1.46. The molecule has 4 heteroatoms. The van der Waals surface area contributed by atoms with Crippen molar-refractivity contribution in [3.63, 3.8) is 0 Å². The lowest BCUT2D eigenvalue weighted by Crippen LogP contribution is -2.40. The van der Waals surface area contributed by atoms with E-state index in [0.717, 1.165) is 44.5 Å². The predicted octanol–water partition coefficient (Wildman–Crippen LogP) is 2.07. The molecule has 0 saturated carbocycles. The summed E-state index contributed by atoms with van der Waals surface area (Å²) < 4.78 is 5.44. The third kappa shape index (κ3) is 5.95. The van der Waals surface area contributed by atoms with Gasteiger partial charge in [0.25, 0.3) is 0 Å². The molecule has 2 fully saturated rings. The third-order valence-corrected chi connectivity index (χ3v) is 4.34. The molecule has 0 amide bonds. The number of hydrogen-bond donors (Lipinski definition) is 2. The number of likely N-dealkylation sites (N-methyl/N-ethyl adjacent to an activating group) is 1. The van der Waals surface area contributed by atoms with Gasteiger partial charge < -0.3 is 20.3 Å². The molecule has 0 aromatic heterocycles. The molecule has 2 heterocycles. The van der Waals surface area contributed by atoms with Crippen molar-refractivity contribution in [3.05, 3.63) is 29.8 Å². The summed E-state index contributed by atoms with van der Waals surface area (Å²) in [7, 11) is 2.15. The van der Waals surface area contributed by atoms with Crippen LogP contribution in [-0.4, -0.2) is 57.8 Å². The molecule has 4 nitrogen and oxygen atoms in total. The van der Waals surface area contributed by atoms with Crippen LogP contribution in [0, 0.1) is 0 Å². The van der Waals surface area contributed by atoms with Crippen LogP contribution < -0.4 is 15.4 Å². The highest BCUT2D eigenvalue weighted by Crippen LogP contribution is 2.26. The number of piperidine rings is 1. The van der Waals surface area contributed by atoms with Gasteiger partial charge in [0.2, 0.25) is 0 Å². The SMILES string of the molecule is CCOc1ccc(C2CCNCC2)cc1.CN1CCNCC1. The van der Waals surface area contributed by atoms with Crippen molar-refractivity contribution in [1.82, 2.24) is 15.5 Å². The van der Waals surface area contributed by atoms with Crippen LogP contribution in [0.1, 0.15) is 31.2 Å². The van der Waals surface area contributed by atoms with Gasteiger partial charge in [0.05, 0.1) is 6.61 Å². The van der Waals surface area contributed by atoms with Gasteiger partial charge in [0, 0.05) is 26.2 Å². The first-order valence-corrected chi connectivity index (χ1v) is 8.62. The molecule has 2 N–H and O–H groups in total. The van der Waals surface area contributed by atoms with E-state index in [1.807, 2.05) is 6.92 Å². The highest BCUT2D eigenvalue weighted by molar-refractivity contribution is 5.29. The summed E-state index contributed by atoms with van der Waals surface area (Å²) >= 11 is 0. The molecule has 3 rings (SSSR count). The quantitative estimate of drug-likeness (QED) is 0.896. The van der Waals surface area contributed by atoms with Gasteiger partial charge in [-0.15, -0.1) is 0 Å². The normalized spacial score (nSPS) is 20.1. The second-order valence-corrected chi connectivity index (χ2v) is 6.08. The summed E-state index contributed by atoms with van der Waals surface area (Å²) in [6, 6.07) is 8.59. The number of rotatable bonds is 3. The van der Waals surface area contributed by atoms with Crippen molar-refractivity contribution in [2.75, 3.05) is 52.9 Å². The molecule has 2 saturated heterocycles. The Morgan fingerprint density at radius 3 is 2.09 bits per heavy atom. The second kappa shape index (κ2) is 9.82. The Morgan fingerprint density at radius 2 is 1.59 bits per heavy atom. The van der Waals surface area contributed by atoms with Gasteiger partial charge in [0.1, 0.15) is 5.75 Å². The molecule has 22 heavy (non-hydrogen) atoms. The molecule has 0 spiro atoms. The number of piperazine rings is 1. The lowest BCUT2D eigenvalue weighted by atomic mass is 9.90. The Labute approximate surface area is 135 Å². The van der Waals surface area contributed by atoms with Crippen LogP contribution in [0.3, 0.4) is 0 Å². The van der Waals surface area contributed by atoms with E-state index in [9.17, 15) is 0 Å². The Bertz CT molecular complexity index is 395. The van der Waals surface area contributed by atoms with Crippen molar-refractivity contribution in [2.24, 2.45) is 0 Å². The molecule has 0 radical (unpaired) electrons. The molecule has 0 aliphatic carbocycles. The monoisotopic (exact) mass is 305 g/mol. The van der Waals surface area contributed by atoms with E-state index in [-0.39, 0.29) is 0 Å². The van der Waals surface area contributed by atoms with Crippen molar-refractivity contribution in [2.45, 2.75) is 25.7 Å². The second-order valence-electron chi connectivity index (χ2n) is 6.08. The molecular formula is C18H31N3O. The predicted molar refractivity (Wildman–Crippen MR) is 92.8 cm³/mol. The molecule has 0 atom stereocenters. The van der Waals surface area contributed by atoms with E-state index in [0.29, 0.717) is 0 Å². The Morgan fingerprint density at radius 1 is 1.00 bits per heavy atom. The van der Waals surface area contributed by atoms with Gasteiger partial charge in [-0.1, -0.05) is 12.1 Å². The number of benzene rings is 1. The fourth-order valence-corrected chi connectivity index (χ4v) is 2.93. The van der Waals surface area contributed by atoms with Crippen LogP contribution >= 0.6 is 0 Å². The highest BCUT2D eigenvalue weighted by atomic mass is 16.5. The maximum Gasteiger partial charge on any atom is 0.119 e. The minimum atomic E-state index is 0.738. The fraction of sp³-hybridized carbons (Fsp3) is 0.667.